The first-order chi connectivity index (χ1) is 4.70. The molecule has 4 nitrogen and oxygen atoms in total. The predicted octanol–water partition coefficient (Wildman–Crippen LogP) is -0.447. The molecule has 0 aliphatic rings. The number of rotatable bonds is 2. The summed E-state index contributed by atoms with van der Waals surface area (Å²) < 4.78 is 8.30. The fourth-order valence-corrected chi connectivity index (χ4v) is 0.472. The Labute approximate surface area is 82.8 Å². The van der Waals surface area contributed by atoms with Gasteiger partial charge < -0.3 is 0 Å². The van der Waals surface area contributed by atoms with Crippen LogP contribution in [0.3, 0.4) is 0 Å². The first kappa shape index (κ1) is 10.2. The summed E-state index contributed by atoms with van der Waals surface area (Å²) in [4.78, 5) is 20.6. The fourth-order valence-electron chi connectivity index (χ4n) is 0.177. The second kappa shape index (κ2) is 5.91. The Bertz CT molecular complexity index is 147. The van der Waals surface area contributed by atoms with Crippen molar-refractivity contribution in [2.24, 2.45) is 0 Å². The molecule has 0 aliphatic carbocycles. The molecule has 0 aliphatic heterocycles. The van der Waals surface area contributed by atoms with E-state index in [0.29, 0.717) is 0 Å². The van der Waals surface area contributed by atoms with Gasteiger partial charge in [0.05, 0.1) is 0 Å². The van der Waals surface area contributed by atoms with E-state index in [1.807, 2.05) is 0 Å². The molecular formula is C4H2Au2O4. The Hall–Kier alpha value is 0.161. The Morgan fingerprint density at radius 1 is 1.00 bits per heavy atom. The van der Waals surface area contributed by atoms with Crippen molar-refractivity contribution in [3.8, 4) is 0 Å². The van der Waals surface area contributed by atoms with E-state index in [2.05, 4.69) is 6.49 Å². The van der Waals surface area contributed by atoms with Crippen molar-refractivity contribution < 1.29 is 59.0 Å². The molecule has 0 unspecified atom stereocenters. The zero-order valence-electron chi connectivity index (χ0n) is 4.39. The third kappa shape index (κ3) is 4.99. The van der Waals surface area contributed by atoms with Crippen LogP contribution in [-0.4, -0.2) is 11.9 Å². The number of carbonyl (C=O) groups is 2. The van der Waals surface area contributed by atoms with Crippen molar-refractivity contribution in [3.63, 3.8) is 0 Å². The molecule has 0 fully saturated rings. The molecule has 0 N–H and O–H groups in total. The second-order valence-electron chi connectivity index (χ2n) is 1.09. The summed E-state index contributed by atoms with van der Waals surface area (Å²) >= 11 is 3.16. The molecule has 0 bridgehead atoms. The number of hydrogen-bond donors (Lipinski definition) is 0. The van der Waals surface area contributed by atoms with Crippen molar-refractivity contribution in [2.45, 2.75) is 0 Å². The molecule has 0 spiro atoms. The average molecular weight is 508 g/mol. The summed E-state index contributed by atoms with van der Waals surface area (Å²) in [6.45, 7) is 0. The van der Waals surface area contributed by atoms with Crippen LogP contribution in [0.4, 0.5) is 0 Å². The van der Waals surface area contributed by atoms with Crippen LogP contribution >= 0.6 is 0 Å². The summed E-state index contributed by atoms with van der Waals surface area (Å²) in [5.74, 6) is -1.22. The van der Waals surface area contributed by atoms with E-state index in [-0.39, 0.29) is 0 Å². The summed E-state index contributed by atoms with van der Waals surface area (Å²) in [5.41, 5.74) is 0. The first-order valence-corrected chi connectivity index (χ1v) is 3.74. The molecular weight excluding hydrogens is 506 g/mol. The molecule has 0 amide bonds. The van der Waals surface area contributed by atoms with E-state index in [9.17, 15) is 9.59 Å². The van der Waals surface area contributed by atoms with Crippen LogP contribution in [0.1, 0.15) is 0 Å². The van der Waals surface area contributed by atoms with Crippen molar-refractivity contribution in [1.82, 2.24) is 0 Å². The third-order valence-electron chi connectivity index (χ3n) is 0.477. The van der Waals surface area contributed by atoms with Gasteiger partial charge in [0, 0.05) is 0 Å². The molecule has 0 saturated carbocycles. The van der Waals surface area contributed by atoms with E-state index in [1.54, 1.807) is 42.9 Å². The monoisotopic (exact) mass is 508 g/mol. The van der Waals surface area contributed by atoms with Crippen molar-refractivity contribution >= 4 is 11.9 Å². The third-order valence-corrected chi connectivity index (χ3v) is 1.35. The molecule has 0 aromatic heterocycles. The van der Waals surface area contributed by atoms with Crippen LogP contribution in [-0.2, 0) is 59.0 Å². The van der Waals surface area contributed by atoms with Gasteiger partial charge >= 0.3 is 83.1 Å². The maximum atomic E-state index is 10.3. The van der Waals surface area contributed by atoms with E-state index < -0.39 is 11.9 Å². The van der Waals surface area contributed by atoms with E-state index in [1.165, 1.54) is 0 Å². The topological polar surface area (TPSA) is 52.6 Å². The summed E-state index contributed by atoms with van der Waals surface area (Å²) in [5, 5.41) is 0. The Kier molecular flexibility index (Phi) is 6.00. The minimum absolute atomic E-state index is 0.609. The van der Waals surface area contributed by atoms with Gasteiger partial charge in [0.15, 0.2) is 0 Å². The molecule has 0 rings (SSSR count). The first-order valence-electron chi connectivity index (χ1n) is 1.97. The normalized spacial score (nSPS) is 9.60. The van der Waals surface area contributed by atoms with Gasteiger partial charge in [0.25, 0.3) is 0 Å². The van der Waals surface area contributed by atoms with Crippen LogP contribution in [0.25, 0.3) is 0 Å². The standard InChI is InChI=1S/C4H4O4.2Au/c5-3(6)1-2-4(7)8;;/h1-2H,(H,5,6)(H,7,8);;/q;2*+1/p-2/b2-1-;;. The van der Waals surface area contributed by atoms with Crippen LogP contribution in [0.5, 0.6) is 0 Å². The molecule has 0 radical (unpaired) electrons. The van der Waals surface area contributed by atoms with Crippen LogP contribution in [0.15, 0.2) is 12.2 Å². The van der Waals surface area contributed by atoms with E-state index >= 15 is 0 Å². The van der Waals surface area contributed by atoms with Gasteiger partial charge in [0.2, 0.25) is 0 Å². The van der Waals surface area contributed by atoms with Crippen molar-refractivity contribution in [2.75, 3.05) is 0 Å². The van der Waals surface area contributed by atoms with E-state index in [0.717, 1.165) is 12.2 Å². The van der Waals surface area contributed by atoms with Gasteiger partial charge in [-0.2, -0.15) is 0 Å². The number of hydrogen-bond acceptors (Lipinski definition) is 4. The zero-order valence-corrected chi connectivity index (χ0v) is 8.72. The summed E-state index contributed by atoms with van der Waals surface area (Å²) in [6, 6.07) is 0. The Balaban J connectivity index is 3.75. The summed E-state index contributed by atoms with van der Waals surface area (Å²) in [7, 11) is 0. The fraction of sp³-hybridized carbons (Fsp3) is 0. The zero-order chi connectivity index (χ0) is 7.98. The molecule has 6 heteroatoms. The molecule has 0 heterocycles. The maximum absolute atomic E-state index is 10.3. The van der Waals surface area contributed by atoms with Crippen LogP contribution in [0, 0.1) is 0 Å². The quantitative estimate of drug-likeness (QED) is 0.375. The average Bonchev–Trinajstić information content (AvgIpc) is 1.99. The van der Waals surface area contributed by atoms with Gasteiger partial charge in [-0.05, 0) is 0 Å². The van der Waals surface area contributed by atoms with E-state index in [4.69, 9.17) is 0 Å². The minimum atomic E-state index is -0.609. The van der Waals surface area contributed by atoms with Crippen LogP contribution < -0.4 is 0 Å². The Morgan fingerprint density at radius 2 is 1.30 bits per heavy atom. The molecule has 10 heavy (non-hydrogen) atoms. The molecule has 0 aromatic carbocycles. The van der Waals surface area contributed by atoms with Crippen LogP contribution in [0.2, 0.25) is 0 Å². The second-order valence-corrected chi connectivity index (χ2v) is 1.98. The van der Waals surface area contributed by atoms with Crippen molar-refractivity contribution in [3.05, 3.63) is 12.2 Å². The van der Waals surface area contributed by atoms with Gasteiger partial charge in [0.1, 0.15) is 0 Å². The van der Waals surface area contributed by atoms with Crippen molar-refractivity contribution in [1.29, 1.82) is 0 Å². The van der Waals surface area contributed by atoms with Gasteiger partial charge in [-0.1, -0.05) is 0 Å². The molecule has 0 aromatic rings. The molecule has 0 atom stereocenters. The summed E-state index contributed by atoms with van der Waals surface area (Å²) in [6.07, 6.45) is 1.94. The predicted molar refractivity (Wildman–Crippen MR) is 21.3 cm³/mol. The van der Waals surface area contributed by atoms with Gasteiger partial charge in [-0.25, -0.2) is 0 Å². The van der Waals surface area contributed by atoms with Gasteiger partial charge in [-0.15, -0.1) is 0 Å². The Morgan fingerprint density at radius 3 is 1.50 bits per heavy atom. The SMILES string of the molecule is O=C(/C=C\C(=O)[O][Au])[O][Au]. The molecule has 64 valence electrons. The van der Waals surface area contributed by atoms with Gasteiger partial charge in [-0.3, -0.25) is 0 Å². The number of carbonyl (C=O) groups excluding carboxylic acids is 2. The molecule has 0 saturated heterocycles.